The van der Waals surface area contributed by atoms with Crippen molar-refractivity contribution >= 4 is 21.8 Å². The summed E-state index contributed by atoms with van der Waals surface area (Å²) in [7, 11) is -3.63. The Balaban J connectivity index is 2.03. The second-order valence-corrected chi connectivity index (χ2v) is 9.73. The van der Waals surface area contributed by atoms with Gasteiger partial charge in [0.1, 0.15) is 6.04 Å². The number of amides is 2. The molecule has 176 valence electrons. The lowest BCUT2D eigenvalue weighted by Crippen LogP contribution is -2.54. The monoisotopic (exact) mass is 463 g/mol. The Labute approximate surface area is 190 Å². The molecule has 0 radical (unpaired) electrons. The van der Waals surface area contributed by atoms with Crippen LogP contribution in [0.5, 0.6) is 0 Å². The van der Waals surface area contributed by atoms with Gasteiger partial charge in [0.05, 0.1) is 12.1 Å². The van der Waals surface area contributed by atoms with Gasteiger partial charge >= 0.3 is 0 Å². The molecule has 9 nitrogen and oxygen atoms in total. The number of rotatable bonds is 13. The van der Waals surface area contributed by atoms with Gasteiger partial charge < -0.3 is 9.88 Å². The summed E-state index contributed by atoms with van der Waals surface area (Å²) in [6.07, 6.45) is 8.04. The summed E-state index contributed by atoms with van der Waals surface area (Å²) in [6, 6.07) is 6.24. The summed E-state index contributed by atoms with van der Waals surface area (Å²) in [5, 5.41) is 2.75. The zero-order valence-corrected chi connectivity index (χ0v) is 19.7. The molecule has 1 aromatic carbocycles. The summed E-state index contributed by atoms with van der Waals surface area (Å²) in [6.45, 7) is 6.28. The first-order valence-corrected chi connectivity index (χ1v) is 12.6. The van der Waals surface area contributed by atoms with Gasteiger partial charge in [-0.3, -0.25) is 15.0 Å². The van der Waals surface area contributed by atoms with Crippen molar-refractivity contribution in [1.29, 1.82) is 0 Å². The number of hydrogen-bond donors (Lipinski definition) is 3. The van der Waals surface area contributed by atoms with E-state index in [0.717, 1.165) is 18.4 Å². The van der Waals surface area contributed by atoms with E-state index < -0.39 is 27.9 Å². The van der Waals surface area contributed by atoms with E-state index in [2.05, 4.69) is 20.6 Å². The van der Waals surface area contributed by atoms with Crippen LogP contribution in [0.15, 0.2) is 43.0 Å². The minimum atomic E-state index is -3.63. The molecule has 32 heavy (non-hydrogen) atoms. The van der Waals surface area contributed by atoms with Crippen LogP contribution < -0.4 is 15.6 Å². The van der Waals surface area contributed by atoms with E-state index in [0.29, 0.717) is 24.9 Å². The maximum absolute atomic E-state index is 12.9. The Morgan fingerprint density at radius 3 is 2.62 bits per heavy atom. The maximum atomic E-state index is 12.9. The molecular weight excluding hydrogens is 430 g/mol. The van der Waals surface area contributed by atoms with E-state index in [-0.39, 0.29) is 11.7 Å². The quantitative estimate of drug-likeness (QED) is 0.311. The van der Waals surface area contributed by atoms with Gasteiger partial charge in [-0.05, 0) is 30.0 Å². The third kappa shape index (κ3) is 8.08. The third-order valence-corrected chi connectivity index (χ3v) is 6.48. The van der Waals surface area contributed by atoms with Gasteiger partial charge in [-0.25, -0.2) is 13.4 Å². The topological polar surface area (TPSA) is 122 Å². The average molecular weight is 464 g/mol. The summed E-state index contributed by atoms with van der Waals surface area (Å²) in [5.74, 6) is -1.26. The number of hydrazine groups is 1. The first-order chi connectivity index (χ1) is 15.3. The molecule has 0 saturated heterocycles. The van der Waals surface area contributed by atoms with Crippen molar-refractivity contribution in [2.75, 3.05) is 5.75 Å². The molecular formula is C22H33N5O4S. The third-order valence-electron chi connectivity index (χ3n) is 5.24. The number of imidazole rings is 1. The first-order valence-electron chi connectivity index (χ1n) is 10.9. The number of carbonyl (C=O) groups excluding carboxylic acids is 2. The molecule has 0 spiro atoms. The zero-order chi connectivity index (χ0) is 23.6. The fourth-order valence-corrected chi connectivity index (χ4v) is 4.07. The summed E-state index contributed by atoms with van der Waals surface area (Å²) < 4.78 is 26.0. The number of nitrogens with zero attached hydrogens (tertiary/aromatic N) is 2. The van der Waals surface area contributed by atoms with Crippen molar-refractivity contribution in [3.63, 3.8) is 0 Å². The van der Waals surface area contributed by atoms with Crippen LogP contribution in [0, 0.1) is 5.92 Å². The van der Waals surface area contributed by atoms with Crippen LogP contribution >= 0.6 is 0 Å². The van der Waals surface area contributed by atoms with Gasteiger partial charge in [0.2, 0.25) is 10.0 Å². The normalized spacial score (nSPS) is 13.3. The molecule has 0 aliphatic rings. The summed E-state index contributed by atoms with van der Waals surface area (Å²) >= 11 is 0. The van der Waals surface area contributed by atoms with E-state index >= 15 is 0 Å². The molecule has 3 N–H and O–H groups in total. The lowest BCUT2D eigenvalue weighted by Gasteiger charge is -2.23. The standard InChI is InChI=1S/C22H33N5O4S/c1-4-6-7-13-32(30,31)26-25-22(29)20(17(3)5-2)24-21(28)19-10-8-9-18(14-19)15-27-12-11-23-16-27/h8-12,14,16-17,20,26H,4-7,13,15H2,1-3H3,(H,24,28)(H,25,29)/t17-,20-/m0/s1. The van der Waals surface area contributed by atoms with Crippen LogP contribution in [0.1, 0.15) is 62.4 Å². The van der Waals surface area contributed by atoms with Gasteiger partial charge in [-0.2, -0.15) is 0 Å². The Morgan fingerprint density at radius 2 is 1.97 bits per heavy atom. The largest absolute Gasteiger partial charge is 0.340 e. The van der Waals surface area contributed by atoms with Gasteiger partial charge in [0.25, 0.3) is 11.8 Å². The number of hydrogen-bond acceptors (Lipinski definition) is 5. The fourth-order valence-electron chi connectivity index (χ4n) is 3.13. The molecule has 0 bridgehead atoms. The van der Waals surface area contributed by atoms with Crippen molar-refractivity contribution in [2.45, 2.75) is 59.0 Å². The lowest BCUT2D eigenvalue weighted by molar-refractivity contribution is -0.124. The SMILES string of the molecule is CCCCCS(=O)(=O)NNC(=O)[C@@H](NC(=O)c1cccc(Cn2ccnc2)c1)[C@@H](C)CC. The highest BCUT2D eigenvalue weighted by atomic mass is 32.2. The smallest absolute Gasteiger partial charge is 0.257 e. The van der Waals surface area contributed by atoms with Gasteiger partial charge in [-0.1, -0.05) is 52.2 Å². The Kier molecular flexibility index (Phi) is 9.86. The predicted molar refractivity (Wildman–Crippen MR) is 123 cm³/mol. The first kappa shape index (κ1) is 25.5. The Morgan fingerprint density at radius 1 is 1.19 bits per heavy atom. The molecule has 0 aliphatic heterocycles. The molecule has 2 aromatic rings. The number of unbranched alkanes of at least 4 members (excludes halogenated alkanes) is 2. The second-order valence-electron chi connectivity index (χ2n) is 7.89. The molecule has 1 heterocycles. The van der Waals surface area contributed by atoms with Crippen LogP contribution in [-0.4, -0.2) is 41.6 Å². The molecule has 0 unspecified atom stereocenters. The lowest BCUT2D eigenvalue weighted by atomic mass is 9.98. The van der Waals surface area contributed by atoms with Crippen molar-refractivity contribution < 1.29 is 18.0 Å². The highest BCUT2D eigenvalue weighted by Crippen LogP contribution is 2.12. The van der Waals surface area contributed by atoms with Gasteiger partial charge in [0, 0.05) is 24.5 Å². The number of sulfonamides is 1. The highest BCUT2D eigenvalue weighted by Gasteiger charge is 2.27. The van der Waals surface area contributed by atoms with Crippen LogP contribution in [0.3, 0.4) is 0 Å². The number of benzene rings is 1. The number of nitrogens with one attached hydrogen (secondary N) is 3. The van der Waals surface area contributed by atoms with Gasteiger partial charge in [0.15, 0.2) is 0 Å². The van der Waals surface area contributed by atoms with E-state index in [1.54, 1.807) is 30.7 Å². The fraction of sp³-hybridized carbons (Fsp3) is 0.500. The molecule has 2 amide bonds. The summed E-state index contributed by atoms with van der Waals surface area (Å²) in [4.78, 5) is 31.7. The van der Waals surface area contributed by atoms with Crippen LogP contribution in [-0.2, 0) is 21.4 Å². The van der Waals surface area contributed by atoms with Crippen LogP contribution in [0.4, 0.5) is 0 Å². The zero-order valence-electron chi connectivity index (χ0n) is 18.9. The van der Waals surface area contributed by atoms with Gasteiger partial charge in [-0.15, -0.1) is 4.83 Å². The Bertz CT molecular complexity index is 976. The van der Waals surface area contributed by atoms with Crippen LogP contribution in [0.2, 0.25) is 0 Å². The molecule has 0 fully saturated rings. The van der Waals surface area contributed by atoms with Crippen molar-refractivity contribution in [1.82, 2.24) is 25.1 Å². The molecule has 1 aromatic heterocycles. The number of carbonyl (C=O) groups is 2. The Hall–Kier alpha value is -2.72. The highest BCUT2D eigenvalue weighted by molar-refractivity contribution is 7.89. The maximum Gasteiger partial charge on any atom is 0.257 e. The molecule has 2 atom stereocenters. The van der Waals surface area contributed by atoms with Crippen molar-refractivity contribution in [3.05, 3.63) is 54.1 Å². The molecule has 2 rings (SSSR count). The molecule has 10 heteroatoms. The van der Waals surface area contributed by atoms with E-state index in [1.807, 2.05) is 37.6 Å². The average Bonchev–Trinajstić information content (AvgIpc) is 3.28. The minimum absolute atomic E-state index is 0.0643. The second kappa shape index (κ2) is 12.4. The molecule has 0 aliphatic carbocycles. The summed E-state index contributed by atoms with van der Waals surface area (Å²) in [5.41, 5.74) is 3.60. The van der Waals surface area contributed by atoms with Crippen molar-refractivity contribution in [3.8, 4) is 0 Å². The van der Waals surface area contributed by atoms with Crippen molar-refractivity contribution in [2.24, 2.45) is 5.92 Å². The predicted octanol–water partition coefficient (Wildman–Crippen LogP) is 2.22. The van der Waals surface area contributed by atoms with E-state index in [9.17, 15) is 18.0 Å². The molecule has 0 saturated carbocycles. The number of aromatic nitrogens is 2. The minimum Gasteiger partial charge on any atom is -0.340 e. The van der Waals surface area contributed by atoms with E-state index in [4.69, 9.17) is 0 Å². The van der Waals surface area contributed by atoms with Crippen LogP contribution in [0.25, 0.3) is 0 Å². The van der Waals surface area contributed by atoms with E-state index in [1.165, 1.54) is 0 Å².